The number of rotatable bonds is 7. The Bertz CT molecular complexity index is 1120. The van der Waals surface area contributed by atoms with Gasteiger partial charge in [-0.3, -0.25) is 19.6 Å². The molecular weight excluding hydrogens is 459 g/mol. The van der Waals surface area contributed by atoms with Crippen molar-refractivity contribution in [3.05, 3.63) is 71.2 Å². The molecule has 0 spiro atoms. The highest BCUT2D eigenvalue weighted by Crippen LogP contribution is 2.46. The number of aryl methyl sites for hydroxylation is 1. The van der Waals surface area contributed by atoms with Gasteiger partial charge >= 0.3 is 12.1 Å². The lowest BCUT2D eigenvalue weighted by atomic mass is 9.66. The molecule has 10 heteroatoms. The predicted octanol–water partition coefficient (Wildman–Crippen LogP) is 4.99. The molecule has 2 atom stereocenters. The number of allylic oxidation sites excluding steroid dienone is 2. The number of aromatic nitrogens is 2. The first-order valence-electron chi connectivity index (χ1n) is 9.98. The van der Waals surface area contributed by atoms with E-state index in [1.54, 1.807) is 18.2 Å². The van der Waals surface area contributed by atoms with E-state index in [1.165, 1.54) is 24.5 Å². The van der Waals surface area contributed by atoms with Crippen LogP contribution in [0.3, 0.4) is 0 Å². The van der Waals surface area contributed by atoms with Crippen LogP contribution in [0.4, 0.5) is 13.2 Å². The third kappa shape index (κ3) is 5.48. The van der Waals surface area contributed by atoms with Gasteiger partial charge in [0.05, 0.1) is 48.1 Å². The Morgan fingerprint density at radius 2 is 2.06 bits per heavy atom. The number of benzene rings is 1. The van der Waals surface area contributed by atoms with Crippen molar-refractivity contribution in [2.24, 2.45) is 11.1 Å². The molecule has 3 rings (SSSR count). The maximum atomic E-state index is 13.2. The summed E-state index contributed by atoms with van der Waals surface area (Å²) in [6, 6.07) is 3.96. The summed E-state index contributed by atoms with van der Waals surface area (Å²) in [6.45, 7) is 3.55. The largest absolute Gasteiger partial charge is 0.481 e. The lowest BCUT2D eigenvalue weighted by Crippen LogP contribution is -2.41. The molecule has 0 amide bonds. The number of halogens is 4. The minimum Gasteiger partial charge on any atom is -0.481 e. The summed E-state index contributed by atoms with van der Waals surface area (Å²) in [5.41, 5.74) is 6.17. The first-order chi connectivity index (χ1) is 15.5. The Labute approximate surface area is 193 Å². The zero-order valence-electron chi connectivity index (χ0n) is 17.4. The fraction of sp³-hybridized carbons (Fsp3) is 0.304. The number of ketones is 1. The zero-order chi connectivity index (χ0) is 24.4. The van der Waals surface area contributed by atoms with Crippen molar-refractivity contribution < 1.29 is 27.9 Å². The molecule has 0 saturated heterocycles. The smallest absolute Gasteiger partial charge is 0.390 e. The second-order valence-corrected chi connectivity index (χ2v) is 8.37. The number of carbonyl (C=O) groups is 2. The van der Waals surface area contributed by atoms with E-state index < -0.39 is 42.2 Å². The second-order valence-electron chi connectivity index (χ2n) is 7.94. The fourth-order valence-corrected chi connectivity index (χ4v) is 4.23. The van der Waals surface area contributed by atoms with Gasteiger partial charge in [0.2, 0.25) is 0 Å². The van der Waals surface area contributed by atoms with Gasteiger partial charge in [0.15, 0.2) is 5.78 Å². The van der Waals surface area contributed by atoms with Gasteiger partial charge in [-0.25, -0.2) is 0 Å². The molecule has 1 aliphatic rings. The van der Waals surface area contributed by atoms with Gasteiger partial charge in [0.1, 0.15) is 0 Å². The molecule has 0 aliphatic heterocycles. The molecule has 1 heterocycles. The van der Waals surface area contributed by atoms with Crippen molar-refractivity contribution >= 4 is 23.4 Å². The van der Waals surface area contributed by atoms with Crippen LogP contribution in [0.5, 0.6) is 0 Å². The number of fused-ring (bicyclic) bond motifs is 1. The number of Topliss-reactive ketones (excluding diaryl/α,β-unsaturated/α-hetero) is 1. The van der Waals surface area contributed by atoms with Gasteiger partial charge in [-0.2, -0.15) is 13.2 Å². The summed E-state index contributed by atoms with van der Waals surface area (Å²) in [7, 11) is 0. The molecular formula is C23H21ClF3N3O3. The summed E-state index contributed by atoms with van der Waals surface area (Å²) in [5.74, 6) is -2.24. The number of alkyl halides is 3. The van der Waals surface area contributed by atoms with Crippen LogP contribution < -0.4 is 5.73 Å². The van der Waals surface area contributed by atoms with Crippen molar-refractivity contribution in [1.82, 2.24) is 9.97 Å². The first-order valence-corrected chi connectivity index (χ1v) is 10.4. The molecule has 33 heavy (non-hydrogen) atoms. The maximum Gasteiger partial charge on any atom is 0.390 e. The van der Waals surface area contributed by atoms with Crippen LogP contribution >= 0.6 is 11.6 Å². The highest BCUT2D eigenvalue weighted by molar-refractivity contribution is 6.30. The number of carboxylic acids is 1. The molecule has 2 unspecified atom stereocenters. The zero-order valence-corrected chi connectivity index (χ0v) is 18.2. The number of aliphatic carboxylic acids is 1. The van der Waals surface area contributed by atoms with E-state index in [9.17, 15) is 22.8 Å². The predicted molar refractivity (Wildman–Crippen MR) is 117 cm³/mol. The molecule has 0 saturated carbocycles. The number of nitrogens with two attached hydrogens (primary N) is 1. The molecule has 174 valence electrons. The Morgan fingerprint density at radius 1 is 1.33 bits per heavy atom. The molecule has 2 aromatic rings. The minimum atomic E-state index is -4.66. The van der Waals surface area contributed by atoms with Crippen molar-refractivity contribution in [2.45, 2.75) is 37.9 Å². The molecule has 1 aliphatic carbocycles. The van der Waals surface area contributed by atoms with E-state index in [0.717, 1.165) is 0 Å². The molecule has 1 aromatic carbocycles. The molecule has 6 nitrogen and oxygen atoms in total. The van der Waals surface area contributed by atoms with Crippen LogP contribution in [0, 0.1) is 5.41 Å². The van der Waals surface area contributed by atoms with Gasteiger partial charge in [0, 0.05) is 16.2 Å². The number of hydrogen-bond acceptors (Lipinski definition) is 5. The van der Waals surface area contributed by atoms with Crippen LogP contribution in [-0.4, -0.2) is 33.0 Å². The Kier molecular flexibility index (Phi) is 7.04. The van der Waals surface area contributed by atoms with E-state index in [2.05, 4.69) is 16.5 Å². The topological polar surface area (TPSA) is 106 Å². The van der Waals surface area contributed by atoms with Crippen LogP contribution in [-0.2, 0) is 11.2 Å². The number of nitrogens with zero attached hydrogens (tertiary/aromatic N) is 2. The summed E-state index contributed by atoms with van der Waals surface area (Å²) in [4.78, 5) is 32.9. The van der Waals surface area contributed by atoms with Gasteiger partial charge in [0.25, 0.3) is 0 Å². The number of carbonyl (C=O) groups excluding carboxylic acids is 1. The number of hydrogen-bond donors (Lipinski definition) is 2. The van der Waals surface area contributed by atoms with Crippen molar-refractivity contribution in [2.75, 3.05) is 0 Å². The monoisotopic (exact) mass is 479 g/mol. The average molecular weight is 480 g/mol. The maximum absolute atomic E-state index is 13.2. The third-order valence-electron chi connectivity index (χ3n) is 5.59. The highest BCUT2D eigenvalue weighted by atomic mass is 35.5. The first kappa shape index (κ1) is 24.6. The Hall–Kier alpha value is -3.04. The van der Waals surface area contributed by atoms with Gasteiger partial charge in [-0.15, -0.1) is 0 Å². The summed E-state index contributed by atoms with van der Waals surface area (Å²) in [6.07, 6.45) is -1.08. The Balaban J connectivity index is 1.90. The molecule has 0 bridgehead atoms. The molecule has 0 fully saturated rings. The van der Waals surface area contributed by atoms with E-state index in [1.807, 2.05) is 0 Å². The molecule has 1 aromatic heterocycles. The molecule has 3 N–H and O–H groups in total. The van der Waals surface area contributed by atoms with Crippen LogP contribution in [0.1, 0.15) is 46.9 Å². The van der Waals surface area contributed by atoms with E-state index in [-0.39, 0.29) is 18.4 Å². The SMILES string of the molecule is C=C/C=C(/Cl)C(N)c1cnc(-c2ccc3c(c2)CCC(CC(=O)O)(CC(F)(F)F)C3=O)cn1. The van der Waals surface area contributed by atoms with Crippen molar-refractivity contribution in [1.29, 1.82) is 0 Å². The standard InChI is InChI=1S/C23H21ClF3N3O3/c1-2-3-16(24)20(28)18-11-29-17(10-30-18)14-4-5-15-13(8-14)6-7-22(21(15)33,9-19(31)32)12-23(25,26)27/h2-5,8,10-11,20H,1,6-7,9,12,28H2,(H,31,32)/b16-3+. The highest BCUT2D eigenvalue weighted by Gasteiger charge is 2.50. The van der Waals surface area contributed by atoms with Crippen molar-refractivity contribution in [3.8, 4) is 11.3 Å². The van der Waals surface area contributed by atoms with Gasteiger partial charge in [-0.05, 0) is 30.5 Å². The second kappa shape index (κ2) is 9.44. The fourth-order valence-electron chi connectivity index (χ4n) is 4.03. The normalized spacial score (nSPS) is 19.7. The lowest BCUT2D eigenvalue weighted by Gasteiger charge is -2.36. The Morgan fingerprint density at radius 3 is 2.64 bits per heavy atom. The minimum absolute atomic E-state index is 0.100. The number of carboxylic acid groups (broad SMARTS) is 1. The van der Waals surface area contributed by atoms with Gasteiger partial charge in [-0.1, -0.05) is 36.4 Å². The summed E-state index contributed by atoms with van der Waals surface area (Å²) < 4.78 is 39.5. The van der Waals surface area contributed by atoms with Crippen molar-refractivity contribution in [3.63, 3.8) is 0 Å². The van der Waals surface area contributed by atoms with E-state index >= 15 is 0 Å². The quantitative estimate of drug-likeness (QED) is 0.541. The summed E-state index contributed by atoms with van der Waals surface area (Å²) in [5, 5.41) is 9.49. The van der Waals surface area contributed by atoms with E-state index in [0.29, 0.717) is 27.5 Å². The summed E-state index contributed by atoms with van der Waals surface area (Å²) >= 11 is 6.07. The third-order valence-corrected chi connectivity index (χ3v) is 5.95. The molecule has 0 radical (unpaired) electrons. The lowest BCUT2D eigenvalue weighted by molar-refractivity contribution is -0.160. The van der Waals surface area contributed by atoms with Gasteiger partial charge < -0.3 is 10.8 Å². The van der Waals surface area contributed by atoms with Crippen LogP contribution in [0.2, 0.25) is 0 Å². The van der Waals surface area contributed by atoms with Crippen LogP contribution in [0.25, 0.3) is 11.3 Å². The average Bonchev–Trinajstić information content (AvgIpc) is 2.74. The van der Waals surface area contributed by atoms with Crippen LogP contribution in [0.15, 0.2) is 54.4 Å². The van der Waals surface area contributed by atoms with E-state index in [4.69, 9.17) is 22.4 Å².